The van der Waals surface area contributed by atoms with Gasteiger partial charge in [0.1, 0.15) is 11.6 Å². The smallest absolute Gasteiger partial charge is 0.127 e. The van der Waals surface area contributed by atoms with Gasteiger partial charge in [0.05, 0.1) is 11.5 Å². The highest BCUT2D eigenvalue weighted by molar-refractivity contribution is 5.18. The van der Waals surface area contributed by atoms with Crippen LogP contribution in [0, 0.1) is 28.4 Å². The molecule has 0 amide bonds. The molecule has 0 atom stereocenters. The van der Waals surface area contributed by atoms with E-state index in [0.29, 0.717) is 18.7 Å². The molecule has 0 aliphatic carbocycles. The zero-order chi connectivity index (χ0) is 13.6. The Morgan fingerprint density at radius 3 is 2.72 bits per heavy atom. The molecule has 4 heteroatoms. The van der Waals surface area contributed by atoms with Crippen molar-refractivity contribution in [1.29, 1.82) is 5.26 Å². The molecule has 0 aliphatic rings. The highest BCUT2D eigenvalue weighted by atomic mass is 19.1. The maximum Gasteiger partial charge on any atom is 0.127 e. The van der Waals surface area contributed by atoms with Crippen molar-refractivity contribution in [2.24, 2.45) is 5.41 Å². The normalized spacial score (nSPS) is 11.3. The van der Waals surface area contributed by atoms with Crippen LogP contribution in [-0.2, 0) is 6.54 Å². The molecular weight excluding hydrogens is 234 g/mol. The van der Waals surface area contributed by atoms with Gasteiger partial charge in [-0.15, -0.1) is 0 Å². The molecule has 0 spiro atoms. The molecule has 0 saturated heterocycles. The Morgan fingerprint density at radius 1 is 1.33 bits per heavy atom. The average molecular weight is 252 g/mol. The molecule has 98 valence electrons. The average Bonchev–Trinajstić information content (AvgIpc) is 2.33. The van der Waals surface area contributed by atoms with Gasteiger partial charge in [-0.1, -0.05) is 0 Å². The summed E-state index contributed by atoms with van der Waals surface area (Å²) in [6, 6.07) is 5.66. The summed E-state index contributed by atoms with van der Waals surface area (Å²) >= 11 is 0. The lowest BCUT2D eigenvalue weighted by Crippen LogP contribution is -2.18. The van der Waals surface area contributed by atoms with Gasteiger partial charge in [-0.25, -0.2) is 8.78 Å². The first kappa shape index (κ1) is 14.6. The second-order valence-corrected chi connectivity index (χ2v) is 5.01. The fourth-order valence-electron chi connectivity index (χ4n) is 1.61. The van der Waals surface area contributed by atoms with Gasteiger partial charge in [0, 0.05) is 12.1 Å². The molecule has 0 aliphatic heterocycles. The predicted molar refractivity (Wildman–Crippen MR) is 66.7 cm³/mol. The number of halogens is 2. The number of nitrogens with zero attached hydrogens (tertiary/aromatic N) is 1. The van der Waals surface area contributed by atoms with Crippen molar-refractivity contribution >= 4 is 0 Å². The lowest BCUT2D eigenvalue weighted by Gasteiger charge is -2.14. The first-order valence-electron chi connectivity index (χ1n) is 6.00. The van der Waals surface area contributed by atoms with Crippen molar-refractivity contribution in [3.63, 3.8) is 0 Å². The van der Waals surface area contributed by atoms with Gasteiger partial charge in [0.2, 0.25) is 0 Å². The van der Waals surface area contributed by atoms with E-state index in [9.17, 15) is 8.78 Å². The highest BCUT2D eigenvalue weighted by Crippen LogP contribution is 2.20. The number of nitriles is 1. The van der Waals surface area contributed by atoms with Crippen molar-refractivity contribution < 1.29 is 8.78 Å². The SMILES string of the molecule is CC(C)(C#N)CCCNCc1cc(F)ccc1F. The van der Waals surface area contributed by atoms with E-state index in [1.54, 1.807) is 0 Å². The van der Waals surface area contributed by atoms with Gasteiger partial charge in [-0.2, -0.15) is 5.26 Å². The Hall–Kier alpha value is -1.47. The topological polar surface area (TPSA) is 35.8 Å². The summed E-state index contributed by atoms with van der Waals surface area (Å²) in [5.41, 5.74) is 0.000687. The van der Waals surface area contributed by atoms with Crippen LogP contribution in [0.5, 0.6) is 0 Å². The van der Waals surface area contributed by atoms with E-state index in [1.807, 2.05) is 13.8 Å². The van der Waals surface area contributed by atoms with Crippen LogP contribution in [0.4, 0.5) is 8.78 Å². The fraction of sp³-hybridized carbons (Fsp3) is 0.500. The van der Waals surface area contributed by atoms with Gasteiger partial charge >= 0.3 is 0 Å². The largest absolute Gasteiger partial charge is 0.313 e. The van der Waals surface area contributed by atoms with E-state index in [4.69, 9.17) is 5.26 Å². The summed E-state index contributed by atoms with van der Waals surface area (Å²) in [4.78, 5) is 0. The van der Waals surface area contributed by atoms with Crippen molar-refractivity contribution in [2.75, 3.05) is 6.54 Å². The Kier molecular flexibility index (Phi) is 5.24. The summed E-state index contributed by atoms with van der Waals surface area (Å²) < 4.78 is 26.2. The first-order chi connectivity index (χ1) is 8.44. The van der Waals surface area contributed by atoms with Crippen LogP contribution in [0.1, 0.15) is 32.3 Å². The molecule has 18 heavy (non-hydrogen) atoms. The third kappa shape index (κ3) is 4.80. The third-order valence-corrected chi connectivity index (χ3v) is 2.78. The van der Waals surface area contributed by atoms with E-state index in [2.05, 4.69) is 11.4 Å². The first-order valence-corrected chi connectivity index (χ1v) is 6.00. The molecule has 1 aromatic carbocycles. The van der Waals surface area contributed by atoms with Crippen molar-refractivity contribution in [1.82, 2.24) is 5.32 Å². The lowest BCUT2D eigenvalue weighted by atomic mass is 9.90. The van der Waals surface area contributed by atoms with Crippen molar-refractivity contribution in [3.05, 3.63) is 35.4 Å². The van der Waals surface area contributed by atoms with Crippen LogP contribution < -0.4 is 5.32 Å². The molecule has 2 nitrogen and oxygen atoms in total. The minimum Gasteiger partial charge on any atom is -0.313 e. The highest BCUT2D eigenvalue weighted by Gasteiger charge is 2.15. The molecular formula is C14H18F2N2. The van der Waals surface area contributed by atoms with Crippen LogP contribution in [0.2, 0.25) is 0 Å². The molecule has 0 aromatic heterocycles. The number of nitrogens with one attached hydrogen (secondary N) is 1. The van der Waals surface area contributed by atoms with Crippen LogP contribution >= 0.6 is 0 Å². The Balaban J connectivity index is 2.30. The number of benzene rings is 1. The Labute approximate surface area is 107 Å². The maximum absolute atomic E-state index is 13.3. The van der Waals surface area contributed by atoms with Gasteiger partial charge in [-0.05, 0) is 51.4 Å². The van der Waals surface area contributed by atoms with Crippen molar-refractivity contribution in [3.8, 4) is 6.07 Å². The molecule has 0 radical (unpaired) electrons. The van der Waals surface area contributed by atoms with E-state index >= 15 is 0 Å². The van der Waals surface area contributed by atoms with E-state index in [-0.39, 0.29) is 5.41 Å². The molecule has 1 rings (SSSR count). The summed E-state index contributed by atoms with van der Waals surface area (Å²) in [7, 11) is 0. The van der Waals surface area contributed by atoms with Crippen LogP contribution in [0.25, 0.3) is 0 Å². The van der Waals surface area contributed by atoms with Crippen LogP contribution in [0.3, 0.4) is 0 Å². The van der Waals surface area contributed by atoms with E-state index in [0.717, 1.165) is 25.0 Å². The minimum atomic E-state index is -0.432. The van der Waals surface area contributed by atoms with Crippen molar-refractivity contribution in [2.45, 2.75) is 33.2 Å². The van der Waals surface area contributed by atoms with Gasteiger partial charge in [0.25, 0.3) is 0 Å². The molecule has 1 N–H and O–H groups in total. The second-order valence-electron chi connectivity index (χ2n) is 5.01. The standard InChI is InChI=1S/C14H18F2N2/c1-14(2,10-17)6-3-7-18-9-11-8-12(15)4-5-13(11)16/h4-5,8,18H,3,6-7,9H2,1-2H3. The van der Waals surface area contributed by atoms with Crippen LogP contribution in [-0.4, -0.2) is 6.54 Å². The van der Waals surface area contributed by atoms with Gasteiger partial charge in [-0.3, -0.25) is 0 Å². The summed E-state index contributed by atoms with van der Waals surface area (Å²) in [6.07, 6.45) is 1.61. The minimum absolute atomic E-state index is 0.302. The second kappa shape index (κ2) is 6.46. The fourth-order valence-corrected chi connectivity index (χ4v) is 1.61. The Morgan fingerprint density at radius 2 is 2.06 bits per heavy atom. The summed E-state index contributed by atoms with van der Waals surface area (Å²) in [5, 5.41) is 11.9. The molecule has 0 unspecified atom stereocenters. The van der Waals surface area contributed by atoms with Crippen LogP contribution in [0.15, 0.2) is 18.2 Å². The zero-order valence-corrected chi connectivity index (χ0v) is 10.8. The number of hydrogen-bond donors (Lipinski definition) is 1. The lowest BCUT2D eigenvalue weighted by molar-refractivity contribution is 0.425. The monoisotopic (exact) mass is 252 g/mol. The van der Waals surface area contributed by atoms with Gasteiger partial charge < -0.3 is 5.32 Å². The number of hydrogen-bond acceptors (Lipinski definition) is 2. The summed E-state index contributed by atoms with van der Waals surface area (Å²) in [6.45, 7) is 4.76. The zero-order valence-electron chi connectivity index (χ0n) is 10.8. The van der Waals surface area contributed by atoms with Gasteiger partial charge in [0.15, 0.2) is 0 Å². The molecule has 1 aromatic rings. The molecule has 0 bridgehead atoms. The summed E-state index contributed by atoms with van der Waals surface area (Å²) in [5.74, 6) is -0.833. The molecule has 0 saturated carbocycles. The quantitative estimate of drug-likeness (QED) is 0.788. The Bertz CT molecular complexity index is 436. The predicted octanol–water partition coefficient (Wildman–Crippen LogP) is 3.38. The van der Waals surface area contributed by atoms with E-state index < -0.39 is 11.6 Å². The molecule has 0 heterocycles. The molecule has 0 fully saturated rings. The third-order valence-electron chi connectivity index (χ3n) is 2.78. The maximum atomic E-state index is 13.3. The van der Waals surface area contributed by atoms with E-state index in [1.165, 1.54) is 6.07 Å². The number of rotatable bonds is 6.